The van der Waals surface area contributed by atoms with Gasteiger partial charge in [0.05, 0.1) is 6.04 Å². The van der Waals surface area contributed by atoms with Crippen LogP contribution in [-0.2, 0) is 5.79 Å². The average molecular weight is 204 g/mol. The Balaban J connectivity index is 0.00000144. The highest BCUT2D eigenvalue weighted by atomic mass is 35.5. The Morgan fingerprint density at radius 2 is 1.69 bits per heavy atom. The third-order valence-corrected chi connectivity index (χ3v) is 1.83. The minimum atomic E-state index is -1.93. The molecule has 0 aliphatic rings. The fourth-order valence-electron chi connectivity index (χ4n) is 0.946. The molecule has 0 amide bonds. The molecule has 4 heteroatoms. The molecule has 74 valence electrons. The van der Waals surface area contributed by atoms with Crippen molar-refractivity contribution in [1.29, 1.82) is 0 Å². The molecule has 0 aromatic heterocycles. The van der Waals surface area contributed by atoms with Gasteiger partial charge in [0.1, 0.15) is 0 Å². The standard InChI is InChI=1S/C9H13NO2.ClH/c1-7(10)9(11,12)8-5-3-2-4-6-8;/h2-7,11-12H,10H2,1H3;1H. The summed E-state index contributed by atoms with van der Waals surface area (Å²) in [6, 6.07) is 7.82. The highest BCUT2D eigenvalue weighted by Gasteiger charge is 2.29. The molecule has 0 saturated carbocycles. The van der Waals surface area contributed by atoms with E-state index < -0.39 is 11.8 Å². The van der Waals surface area contributed by atoms with Crippen LogP contribution in [0.15, 0.2) is 30.3 Å². The molecule has 0 heterocycles. The molecule has 13 heavy (non-hydrogen) atoms. The second kappa shape index (κ2) is 4.58. The molecule has 0 fully saturated rings. The molecule has 1 atom stereocenters. The molecular weight excluding hydrogens is 190 g/mol. The molecule has 1 aromatic carbocycles. The van der Waals surface area contributed by atoms with E-state index in [2.05, 4.69) is 0 Å². The monoisotopic (exact) mass is 203 g/mol. The fourth-order valence-corrected chi connectivity index (χ4v) is 0.946. The van der Waals surface area contributed by atoms with E-state index in [1.807, 2.05) is 0 Å². The van der Waals surface area contributed by atoms with E-state index in [0.29, 0.717) is 5.56 Å². The molecule has 0 aliphatic heterocycles. The van der Waals surface area contributed by atoms with Gasteiger partial charge < -0.3 is 15.9 Å². The Labute approximate surface area is 83.6 Å². The molecule has 4 N–H and O–H groups in total. The van der Waals surface area contributed by atoms with Crippen molar-refractivity contribution in [3.8, 4) is 0 Å². The van der Waals surface area contributed by atoms with Crippen molar-refractivity contribution in [1.82, 2.24) is 0 Å². The smallest absolute Gasteiger partial charge is 0.205 e. The van der Waals surface area contributed by atoms with Gasteiger partial charge in [0.15, 0.2) is 0 Å². The summed E-state index contributed by atoms with van der Waals surface area (Å²) < 4.78 is 0. The van der Waals surface area contributed by atoms with Crippen molar-refractivity contribution in [2.45, 2.75) is 18.8 Å². The Kier molecular flexibility index (Phi) is 4.36. The largest absolute Gasteiger partial charge is 0.361 e. The summed E-state index contributed by atoms with van der Waals surface area (Å²) in [6.45, 7) is 1.55. The third kappa shape index (κ3) is 2.67. The first kappa shape index (κ1) is 12.4. The van der Waals surface area contributed by atoms with Gasteiger partial charge in [0, 0.05) is 5.56 Å². The minimum Gasteiger partial charge on any atom is -0.361 e. The zero-order valence-electron chi connectivity index (χ0n) is 7.34. The normalized spacial score (nSPS) is 13.2. The van der Waals surface area contributed by atoms with Crippen LogP contribution in [-0.4, -0.2) is 16.3 Å². The van der Waals surface area contributed by atoms with E-state index in [4.69, 9.17) is 5.73 Å². The highest BCUT2D eigenvalue weighted by molar-refractivity contribution is 5.85. The molecule has 0 saturated heterocycles. The van der Waals surface area contributed by atoms with E-state index in [0.717, 1.165) is 0 Å². The number of nitrogens with two attached hydrogens (primary N) is 1. The number of rotatable bonds is 2. The van der Waals surface area contributed by atoms with Crippen LogP contribution in [0.2, 0.25) is 0 Å². The van der Waals surface area contributed by atoms with Gasteiger partial charge in [-0.3, -0.25) is 0 Å². The molecule has 0 radical (unpaired) electrons. The van der Waals surface area contributed by atoms with Gasteiger partial charge >= 0.3 is 0 Å². The van der Waals surface area contributed by atoms with Crippen LogP contribution in [0, 0.1) is 0 Å². The van der Waals surface area contributed by atoms with Gasteiger partial charge in [-0.15, -0.1) is 12.4 Å². The quantitative estimate of drug-likeness (QED) is 0.617. The van der Waals surface area contributed by atoms with Crippen molar-refractivity contribution in [2.24, 2.45) is 5.73 Å². The first-order chi connectivity index (χ1) is 5.55. The zero-order chi connectivity index (χ0) is 9.19. The van der Waals surface area contributed by atoms with E-state index in [1.165, 1.54) is 0 Å². The summed E-state index contributed by atoms with van der Waals surface area (Å²) in [5, 5.41) is 19.0. The number of benzene rings is 1. The SMILES string of the molecule is CC(N)C(O)(O)c1ccccc1.Cl. The topological polar surface area (TPSA) is 66.5 Å². The maximum absolute atomic E-state index is 9.49. The van der Waals surface area contributed by atoms with Crippen LogP contribution in [0.1, 0.15) is 12.5 Å². The number of aliphatic hydroxyl groups is 2. The van der Waals surface area contributed by atoms with Crippen molar-refractivity contribution >= 4 is 12.4 Å². The second-order valence-corrected chi connectivity index (χ2v) is 2.88. The predicted molar refractivity (Wildman–Crippen MR) is 53.5 cm³/mol. The lowest BCUT2D eigenvalue weighted by Crippen LogP contribution is -2.43. The Hall–Kier alpha value is -0.610. The van der Waals surface area contributed by atoms with Crippen LogP contribution in [0.4, 0.5) is 0 Å². The van der Waals surface area contributed by atoms with Crippen LogP contribution in [0.25, 0.3) is 0 Å². The van der Waals surface area contributed by atoms with Crippen LogP contribution in [0.3, 0.4) is 0 Å². The first-order valence-electron chi connectivity index (χ1n) is 3.81. The van der Waals surface area contributed by atoms with E-state index >= 15 is 0 Å². The Morgan fingerprint density at radius 1 is 1.23 bits per heavy atom. The summed E-state index contributed by atoms with van der Waals surface area (Å²) in [7, 11) is 0. The van der Waals surface area contributed by atoms with Crippen LogP contribution >= 0.6 is 12.4 Å². The average Bonchev–Trinajstić information content (AvgIpc) is 2.06. The van der Waals surface area contributed by atoms with Gasteiger partial charge in [-0.25, -0.2) is 0 Å². The Bertz CT molecular complexity index is 249. The summed E-state index contributed by atoms with van der Waals surface area (Å²) in [5.41, 5.74) is 5.82. The lowest BCUT2D eigenvalue weighted by molar-refractivity contribution is -0.182. The molecule has 0 aliphatic carbocycles. The number of halogens is 1. The molecule has 1 unspecified atom stereocenters. The zero-order valence-corrected chi connectivity index (χ0v) is 8.16. The lowest BCUT2D eigenvalue weighted by Gasteiger charge is -2.25. The maximum atomic E-state index is 9.49. The van der Waals surface area contributed by atoms with Crippen molar-refractivity contribution in [3.05, 3.63) is 35.9 Å². The van der Waals surface area contributed by atoms with E-state index in [9.17, 15) is 10.2 Å². The number of hydrogen-bond acceptors (Lipinski definition) is 3. The summed E-state index contributed by atoms with van der Waals surface area (Å²) >= 11 is 0. The van der Waals surface area contributed by atoms with Gasteiger partial charge in [0.25, 0.3) is 0 Å². The van der Waals surface area contributed by atoms with Crippen molar-refractivity contribution in [2.75, 3.05) is 0 Å². The van der Waals surface area contributed by atoms with Crippen molar-refractivity contribution in [3.63, 3.8) is 0 Å². The first-order valence-corrected chi connectivity index (χ1v) is 3.81. The molecule has 0 spiro atoms. The summed E-state index contributed by atoms with van der Waals surface area (Å²) in [5.74, 6) is -1.93. The molecule has 1 aromatic rings. The van der Waals surface area contributed by atoms with Gasteiger partial charge in [0.2, 0.25) is 5.79 Å². The molecule has 1 rings (SSSR count). The van der Waals surface area contributed by atoms with Gasteiger partial charge in [-0.1, -0.05) is 30.3 Å². The molecular formula is C9H14ClNO2. The van der Waals surface area contributed by atoms with Crippen molar-refractivity contribution < 1.29 is 10.2 Å². The maximum Gasteiger partial charge on any atom is 0.205 e. The Morgan fingerprint density at radius 3 is 2.08 bits per heavy atom. The second-order valence-electron chi connectivity index (χ2n) is 2.88. The third-order valence-electron chi connectivity index (χ3n) is 1.83. The molecule has 3 nitrogen and oxygen atoms in total. The van der Waals surface area contributed by atoms with Gasteiger partial charge in [-0.2, -0.15) is 0 Å². The fraction of sp³-hybridized carbons (Fsp3) is 0.333. The predicted octanol–water partition coefficient (Wildman–Crippen LogP) is 0.593. The minimum absolute atomic E-state index is 0. The summed E-state index contributed by atoms with van der Waals surface area (Å²) in [6.07, 6.45) is 0. The number of hydrogen-bond donors (Lipinski definition) is 3. The van der Waals surface area contributed by atoms with E-state index in [1.54, 1.807) is 37.3 Å². The van der Waals surface area contributed by atoms with Crippen LogP contribution < -0.4 is 5.73 Å². The lowest BCUT2D eigenvalue weighted by atomic mass is 10.0. The highest BCUT2D eigenvalue weighted by Crippen LogP contribution is 2.19. The van der Waals surface area contributed by atoms with Crippen LogP contribution in [0.5, 0.6) is 0 Å². The molecule has 0 bridgehead atoms. The van der Waals surface area contributed by atoms with Gasteiger partial charge in [-0.05, 0) is 6.92 Å². The summed E-state index contributed by atoms with van der Waals surface area (Å²) in [4.78, 5) is 0. The van der Waals surface area contributed by atoms with E-state index in [-0.39, 0.29) is 12.4 Å².